The summed E-state index contributed by atoms with van der Waals surface area (Å²) in [4.78, 5) is 0. The monoisotopic (exact) mass is 286 g/mol. The summed E-state index contributed by atoms with van der Waals surface area (Å²) in [5.74, 6) is 0. The van der Waals surface area contributed by atoms with Crippen molar-refractivity contribution in [2.24, 2.45) is 7.05 Å². The lowest BCUT2D eigenvalue weighted by molar-refractivity contribution is 0.582. The minimum Gasteiger partial charge on any atom is -0.397 e. The van der Waals surface area contributed by atoms with Crippen LogP contribution in [-0.2, 0) is 17.1 Å². The van der Waals surface area contributed by atoms with Crippen molar-refractivity contribution in [2.75, 3.05) is 10.5 Å². The van der Waals surface area contributed by atoms with Gasteiger partial charge in [0.15, 0.2) is 5.03 Å². The molecule has 0 saturated heterocycles. The van der Waals surface area contributed by atoms with Gasteiger partial charge in [0.1, 0.15) is 0 Å². The Morgan fingerprint density at radius 2 is 2.06 bits per heavy atom. The summed E-state index contributed by atoms with van der Waals surface area (Å²) < 4.78 is 27.8. The summed E-state index contributed by atoms with van der Waals surface area (Å²) in [6.45, 7) is 0. The number of para-hydroxylation sites is 2. The average Bonchev–Trinajstić information content (AvgIpc) is 2.62. The molecule has 6 nitrogen and oxygen atoms in total. The summed E-state index contributed by atoms with van der Waals surface area (Å²) >= 11 is 5.80. The van der Waals surface area contributed by atoms with Crippen LogP contribution in [-0.4, -0.2) is 18.2 Å². The van der Waals surface area contributed by atoms with Crippen molar-refractivity contribution in [1.82, 2.24) is 9.78 Å². The number of aryl methyl sites for hydroxylation is 1. The molecule has 2 rings (SSSR count). The van der Waals surface area contributed by atoms with Gasteiger partial charge in [-0.15, -0.1) is 0 Å². The molecule has 0 spiro atoms. The van der Waals surface area contributed by atoms with Gasteiger partial charge >= 0.3 is 0 Å². The smallest absolute Gasteiger partial charge is 0.280 e. The number of rotatable bonds is 3. The van der Waals surface area contributed by atoms with Crippen LogP contribution in [0.5, 0.6) is 0 Å². The summed E-state index contributed by atoms with van der Waals surface area (Å²) in [6.07, 6.45) is 1.27. The van der Waals surface area contributed by atoms with E-state index < -0.39 is 10.0 Å². The van der Waals surface area contributed by atoms with Gasteiger partial charge in [-0.25, -0.2) is 0 Å². The Morgan fingerprint density at radius 1 is 1.39 bits per heavy atom. The lowest BCUT2D eigenvalue weighted by atomic mass is 10.3. The molecule has 0 fully saturated rings. The minimum absolute atomic E-state index is 0.0551. The number of benzene rings is 1. The third-order valence-electron chi connectivity index (χ3n) is 2.30. The van der Waals surface area contributed by atoms with Crippen molar-refractivity contribution in [2.45, 2.75) is 5.03 Å². The van der Waals surface area contributed by atoms with Gasteiger partial charge in [-0.05, 0) is 12.1 Å². The topological polar surface area (TPSA) is 90.0 Å². The maximum absolute atomic E-state index is 12.1. The standard InChI is InChI=1S/C10H11ClN4O2S/c1-15-10(7(11)6-13-15)18(16,17)14-9-5-3-2-4-8(9)12/h2-6,14H,12H2,1H3. The van der Waals surface area contributed by atoms with E-state index in [1.165, 1.54) is 17.9 Å². The summed E-state index contributed by atoms with van der Waals surface area (Å²) in [7, 11) is -2.32. The fraction of sp³-hybridized carbons (Fsp3) is 0.100. The van der Waals surface area contributed by atoms with E-state index in [0.29, 0.717) is 11.4 Å². The molecule has 0 aliphatic rings. The molecule has 0 aliphatic heterocycles. The van der Waals surface area contributed by atoms with Gasteiger partial charge in [0.2, 0.25) is 0 Å². The SMILES string of the molecule is Cn1ncc(Cl)c1S(=O)(=O)Nc1ccccc1N. The van der Waals surface area contributed by atoms with Gasteiger partial charge in [-0.2, -0.15) is 13.5 Å². The van der Waals surface area contributed by atoms with Gasteiger partial charge in [0.05, 0.1) is 22.6 Å². The highest BCUT2D eigenvalue weighted by molar-refractivity contribution is 7.92. The minimum atomic E-state index is -3.82. The average molecular weight is 287 g/mol. The van der Waals surface area contributed by atoms with E-state index in [1.54, 1.807) is 24.3 Å². The first-order chi connectivity index (χ1) is 8.42. The fourth-order valence-electron chi connectivity index (χ4n) is 1.48. The number of hydrogen-bond acceptors (Lipinski definition) is 4. The summed E-state index contributed by atoms with van der Waals surface area (Å²) in [6, 6.07) is 6.56. The molecular formula is C10H11ClN4O2S. The maximum atomic E-state index is 12.1. The Bertz CT molecular complexity index is 661. The van der Waals surface area contributed by atoms with E-state index >= 15 is 0 Å². The molecule has 0 bridgehead atoms. The Labute approximate surface area is 109 Å². The highest BCUT2D eigenvalue weighted by Gasteiger charge is 2.23. The van der Waals surface area contributed by atoms with E-state index in [0.717, 1.165) is 0 Å². The number of halogens is 1. The predicted octanol–water partition coefficient (Wildman–Crippen LogP) is 1.46. The molecule has 8 heteroatoms. The highest BCUT2D eigenvalue weighted by atomic mass is 35.5. The highest BCUT2D eigenvalue weighted by Crippen LogP contribution is 2.25. The molecule has 0 amide bonds. The summed E-state index contributed by atoms with van der Waals surface area (Å²) in [5, 5.41) is 3.73. The van der Waals surface area contributed by atoms with Crippen molar-refractivity contribution in [3.05, 3.63) is 35.5 Å². The van der Waals surface area contributed by atoms with Crippen LogP contribution in [0, 0.1) is 0 Å². The Hall–Kier alpha value is -1.73. The molecule has 0 atom stereocenters. The molecule has 96 valence electrons. The first kappa shape index (κ1) is 12.7. The summed E-state index contributed by atoms with van der Waals surface area (Å²) in [5.41, 5.74) is 6.31. The predicted molar refractivity (Wildman–Crippen MR) is 69.9 cm³/mol. The van der Waals surface area contributed by atoms with Crippen LogP contribution in [0.3, 0.4) is 0 Å². The van der Waals surface area contributed by atoms with E-state index in [1.807, 2.05) is 0 Å². The number of nitrogens with one attached hydrogen (secondary N) is 1. The van der Waals surface area contributed by atoms with E-state index in [2.05, 4.69) is 9.82 Å². The lowest BCUT2D eigenvalue weighted by Crippen LogP contribution is -2.17. The second-order valence-corrected chi connectivity index (χ2v) is 5.62. The first-order valence-corrected chi connectivity index (χ1v) is 6.83. The second kappa shape index (κ2) is 4.51. The molecular weight excluding hydrogens is 276 g/mol. The lowest BCUT2D eigenvalue weighted by Gasteiger charge is -2.10. The molecule has 1 aromatic heterocycles. The third kappa shape index (κ3) is 2.27. The first-order valence-electron chi connectivity index (χ1n) is 4.96. The zero-order valence-electron chi connectivity index (χ0n) is 9.46. The molecule has 0 aliphatic carbocycles. The second-order valence-electron chi connectivity index (χ2n) is 3.61. The van der Waals surface area contributed by atoms with Crippen molar-refractivity contribution < 1.29 is 8.42 Å². The van der Waals surface area contributed by atoms with E-state index in [9.17, 15) is 8.42 Å². The van der Waals surface area contributed by atoms with Crippen LogP contribution >= 0.6 is 11.6 Å². The van der Waals surface area contributed by atoms with Crippen LogP contribution in [0.2, 0.25) is 5.02 Å². The third-order valence-corrected chi connectivity index (χ3v) is 4.17. The van der Waals surface area contributed by atoms with Gasteiger partial charge in [-0.3, -0.25) is 9.40 Å². The Balaban J connectivity index is 2.43. The van der Waals surface area contributed by atoms with Gasteiger partial charge in [0, 0.05) is 7.05 Å². The number of nitrogens with zero attached hydrogens (tertiary/aromatic N) is 2. The number of sulfonamides is 1. The van der Waals surface area contributed by atoms with Crippen LogP contribution in [0.15, 0.2) is 35.5 Å². The van der Waals surface area contributed by atoms with Crippen LogP contribution < -0.4 is 10.5 Å². The quantitative estimate of drug-likeness (QED) is 0.836. The molecule has 1 aromatic carbocycles. The molecule has 2 aromatic rings. The Kier molecular flexibility index (Phi) is 3.18. The van der Waals surface area contributed by atoms with Crippen molar-refractivity contribution >= 4 is 33.0 Å². The van der Waals surface area contributed by atoms with Crippen LogP contribution in [0.4, 0.5) is 11.4 Å². The normalized spacial score (nSPS) is 11.4. The molecule has 0 saturated carbocycles. The largest absolute Gasteiger partial charge is 0.397 e. The molecule has 3 N–H and O–H groups in total. The van der Waals surface area contributed by atoms with Gasteiger partial charge in [0.25, 0.3) is 10.0 Å². The number of hydrogen-bond donors (Lipinski definition) is 2. The number of anilines is 2. The fourth-order valence-corrected chi connectivity index (χ4v) is 3.23. The molecule has 18 heavy (non-hydrogen) atoms. The molecule has 0 radical (unpaired) electrons. The molecule has 0 unspecified atom stereocenters. The van der Waals surface area contributed by atoms with Crippen molar-refractivity contribution in [1.29, 1.82) is 0 Å². The van der Waals surface area contributed by atoms with Crippen LogP contribution in [0.25, 0.3) is 0 Å². The van der Waals surface area contributed by atoms with Gasteiger partial charge in [-0.1, -0.05) is 23.7 Å². The molecule has 1 heterocycles. The number of nitrogens with two attached hydrogens (primary N) is 1. The van der Waals surface area contributed by atoms with Crippen molar-refractivity contribution in [3.8, 4) is 0 Å². The van der Waals surface area contributed by atoms with Crippen LogP contribution in [0.1, 0.15) is 0 Å². The zero-order chi connectivity index (χ0) is 13.3. The van der Waals surface area contributed by atoms with Crippen molar-refractivity contribution in [3.63, 3.8) is 0 Å². The maximum Gasteiger partial charge on any atom is 0.280 e. The number of nitrogen functional groups attached to an aromatic ring is 1. The Morgan fingerprint density at radius 3 is 2.61 bits per heavy atom. The van der Waals surface area contributed by atoms with E-state index in [-0.39, 0.29) is 10.0 Å². The van der Waals surface area contributed by atoms with E-state index in [4.69, 9.17) is 17.3 Å². The number of aromatic nitrogens is 2. The van der Waals surface area contributed by atoms with Gasteiger partial charge < -0.3 is 5.73 Å². The zero-order valence-corrected chi connectivity index (χ0v) is 11.0.